The first-order valence-corrected chi connectivity index (χ1v) is 8.16. The molecule has 1 rings (SSSR count). The van der Waals surface area contributed by atoms with Crippen molar-refractivity contribution in [2.75, 3.05) is 0 Å². The molecule has 0 aliphatic carbocycles. The van der Waals surface area contributed by atoms with Gasteiger partial charge < -0.3 is 5.11 Å². The maximum atomic E-state index is 12.4. The molecule has 0 aliphatic rings. The lowest BCUT2D eigenvalue weighted by atomic mass is 9.91. The molecule has 20 heavy (non-hydrogen) atoms. The Morgan fingerprint density at radius 3 is 2.20 bits per heavy atom. The summed E-state index contributed by atoms with van der Waals surface area (Å²) in [6.45, 7) is 5.80. The average Bonchev–Trinajstić information content (AvgIpc) is 2.45. The number of nitrogens with one attached hydrogen (secondary N) is 1. The largest absolute Gasteiger partial charge is 0.478 e. The summed E-state index contributed by atoms with van der Waals surface area (Å²) in [4.78, 5) is 10.9. The van der Waals surface area contributed by atoms with E-state index in [0.29, 0.717) is 19.3 Å². The number of hydrogen-bond donors (Lipinski definition) is 2. The third-order valence-corrected chi connectivity index (χ3v) is 5.35. The molecule has 2 N–H and O–H groups in total. The van der Waals surface area contributed by atoms with Gasteiger partial charge >= 0.3 is 5.97 Å². The molecule has 1 aromatic carbocycles. The molecule has 0 saturated heterocycles. The fourth-order valence-corrected chi connectivity index (χ4v) is 3.77. The lowest BCUT2D eigenvalue weighted by Gasteiger charge is -2.31. The first-order valence-electron chi connectivity index (χ1n) is 6.67. The molecule has 5 nitrogen and oxygen atoms in total. The number of carboxylic acids is 1. The van der Waals surface area contributed by atoms with Gasteiger partial charge in [0.2, 0.25) is 10.0 Å². The Morgan fingerprint density at radius 1 is 1.20 bits per heavy atom. The molecule has 0 unspecified atom stereocenters. The molecule has 1 aromatic rings. The lowest BCUT2D eigenvalue weighted by molar-refractivity contribution is 0.0696. The maximum absolute atomic E-state index is 12.4. The van der Waals surface area contributed by atoms with E-state index in [4.69, 9.17) is 5.11 Å². The summed E-state index contributed by atoms with van der Waals surface area (Å²) >= 11 is 0. The highest BCUT2D eigenvalue weighted by molar-refractivity contribution is 7.89. The highest BCUT2D eigenvalue weighted by Crippen LogP contribution is 2.23. The van der Waals surface area contributed by atoms with Gasteiger partial charge in [-0.15, -0.1) is 0 Å². The maximum Gasteiger partial charge on any atom is 0.335 e. The van der Waals surface area contributed by atoms with Gasteiger partial charge in [-0.25, -0.2) is 17.9 Å². The van der Waals surface area contributed by atoms with Crippen molar-refractivity contribution in [2.45, 2.75) is 50.5 Å². The molecule has 0 aromatic heterocycles. The molecule has 6 heteroatoms. The van der Waals surface area contributed by atoms with Crippen LogP contribution in [-0.2, 0) is 10.0 Å². The quantitative estimate of drug-likeness (QED) is 0.810. The Hall–Kier alpha value is -1.40. The predicted molar refractivity (Wildman–Crippen MR) is 77.3 cm³/mol. The van der Waals surface area contributed by atoms with Crippen molar-refractivity contribution in [3.8, 4) is 0 Å². The molecule has 0 heterocycles. The summed E-state index contributed by atoms with van der Waals surface area (Å²) in [6.07, 6.45) is 2.04. The second kappa shape index (κ2) is 6.37. The van der Waals surface area contributed by atoms with Crippen LogP contribution in [0.3, 0.4) is 0 Å². The molecule has 0 radical (unpaired) electrons. The van der Waals surface area contributed by atoms with Gasteiger partial charge in [-0.05, 0) is 37.5 Å². The normalized spacial score (nSPS) is 12.3. The summed E-state index contributed by atoms with van der Waals surface area (Å²) in [5.41, 5.74) is -0.527. The predicted octanol–water partition coefficient (Wildman–Crippen LogP) is 2.63. The van der Waals surface area contributed by atoms with Gasteiger partial charge in [0.25, 0.3) is 0 Å². The first kappa shape index (κ1) is 16.7. The highest BCUT2D eigenvalue weighted by Gasteiger charge is 2.30. The van der Waals surface area contributed by atoms with Crippen LogP contribution in [0.4, 0.5) is 0 Å². The van der Waals surface area contributed by atoms with Crippen LogP contribution >= 0.6 is 0 Å². The van der Waals surface area contributed by atoms with Gasteiger partial charge in [0, 0.05) is 5.54 Å². The third kappa shape index (κ3) is 3.58. The number of hydrogen-bond acceptors (Lipinski definition) is 3. The van der Waals surface area contributed by atoms with Gasteiger partial charge in [0.15, 0.2) is 0 Å². The van der Waals surface area contributed by atoms with Gasteiger partial charge in [-0.3, -0.25) is 0 Å². The standard InChI is InChI=1S/C14H21NO4S/c1-4-14(5-2,6-3)15-20(18,19)12-9-7-8-11(10-12)13(16)17/h7-10,15H,4-6H2,1-3H3,(H,16,17). The van der Waals surface area contributed by atoms with E-state index in [0.717, 1.165) is 0 Å². The van der Waals surface area contributed by atoms with Crippen LogP contribution < -0.4 is 4.72 Å². The Morgan fingerprint density at radius 2 is 1.75 bits per heavy atom. The summed E-state index contributed by atoms with van der Waals surface area (Å²) in [5.74, 6) is -1.14. The van der Waals surface area contributed by atoms with Crippen molar-refractivity contribution in [1.82, 2.24) is 4.72 Å². The topological polar surface area (TPSA) is 83.5 Å². The zero-order chi connectivity index (χ0) is 15.4. The molecule has 0 bridgehead atoms. The van der Waals surface area contributed by atoms with E-state index >= 15 is 0 Å². The van der Waals surface area contributed by atoms with Crippen LogP contribution in [-0.4, -0.2) is 25.0 Å². The molecule has 0 amide bonds. The molecule has 0 aliphatic heterocycles. The van der Waals surface area contributed by atoms with Crippen LogP contribution in [0.1, 0.15) is 50.4 Å². The Labute approximate surface area is 120 Å². The van der Waals surface area contributed by atoms with Gasteiger partial charge in [0.05, 0.1) is 10.5 Å². The number of benzene rings is 1. The van der Waals surface area contributed by atoms with Crippen LogP contribution in [0.15, 0.2) is 29.2 Å². The molecular formula is C14H21NO4S. The fraction of sp³-hybridized carbons (Fsp3) is 0.500. The first-order chi connectivity index (χ1) is 9.30. The van der Waals surface area contributed by atoms with E-state index in [1.54, 1.807) is 0 Å². The zero-order valence-corrected chi connectivity index (χ0v) is 12.8. The Bertz CT molecular complexity index is 568. The highest BCUT2D eigenvalue weighted by atomic mass is 32.2. The van der Waals surface area contributed by atoms with E-state index < -0.39 is 21.5 Å². The zero-order valence-electron chi connectivity index (χ0n) is 12.0. The Balaban J connectivity index is 3.17. The van der Waals surface area contributed by atoms with E-state index in [1.807, 2.05) is 20.8 Å². The molecule has 112 valence electrons. The minimum atomic E-state index is -3.72. The minimum Gasteiger partial charge on any atom is -0.478 e. The van der Waals surface area contributed by atoms with Crippen molar-refractivity contribution in [3.63, 3.8) is 0 Å². The van der Waals surface area contributed by atoms with E-state index in [-0.39, 0.29) is 10.5 Å². The third-order valence-electron chi connectivity index (χ3n) is 3.77. The van der Waals surface area contributed by atoms with Crippen molar-refractivity contribution >= 4 is 16.0 Å². The van der Waals surface area contributed by atoms with Crippen LogP contribution in [0, 0.1) is 0 Å². The molecule has 0 spiro atoms. The fourth-order valence-electron chi connectivity index (χ4n) is 2.11. The van der Waals surface area contributed by atoms with Crippen LogP contribution in [0.5, 0.6) is 0 Å². The monoisotopic (exact) mass is 299 g/mol. The number of carboxylic acid groups (broad SMARTS) is 1. The second-order valence-electron chi connectivity index (χ2n) is 4.78. The number of aromatic carboxylic acids is 1. The average molecular weight is 299 g/mol. The molecule has 0 saturated carbocycles. The summed E-state index contributed by atoms with van der Waals surface area (Å²) in [6, 6.07) is 5.38. The van der Waals surface area contributed by atoms with Crippen molar-refractivity contribution in [2.24, 2.45) is 0 Å². The van der Waals surface area contributed by atoms with Crippen LogP contribution in [0.25, 0.3) is 0 Å². The molecule has 0 atom stereocenters. The van der Waals surface area contributed by atoms with Gasteiger partial charge in [-0.1, -0.05) is 26.8 Å². The van der Waals surface area contributed by atoms with Crippen molar-refractivity contribution in [3.05, 3.63) is 29.8 Å². The summed E-state index contributed by atoms with van der Waals surface area (Å²) in [5, 5.41) is 8.93. The summed E-state index contributed by atoms with van der Waals surface area (Å²) < 4.78 is 27.5. The van der Waals surface area contributed by atoms with E-state index in [2.05, 4.69) is 4.72 Å². The lowest BCUT2D eigenvalue weighted by Crippen LogP contribution is -2.46. The number of rotatable bonds is 7. The number of sulfonamides is 1. The van der Waals surface area contributed by atoms with Crippen LogP contribution in [0.2, 0.25) is 0 Å². The van der Waals surface area contributed by atoms with E-state index in [1.165, 1.54) is 24.3 Å². The SMILES string of the molecule is CCC(CC)(CC)NS(=O)(=O)c1cccc(C(=O)O)c1. The summed E-state index contributed by atoms with van der Waals surface area (Å²) in [7, 11) is -3.72. The molecular weight excluding hydrogens is 278 g/mol. The van der Waals surface area contributed by atoms with Gasteiger partial charge in [-0.2, -0.15) is 0 Å². The van der Waals surface area contributed by atoms with E-state index in [9.17, 15) is 13.2 Å². The molecule has 0 fully saturated rings. The smallest absolute Gasteiger partial charge is 0.335 e. The Kier molecular flexibility index (Phi) is 5.30. The second-order valence-corrected chi connectivity index (χ2v) is 6.46. The van der Waals surface area contributed by atoms with Crippen molar-refractivity contribution < 1.29 is 18.3 Å². The minimum absolute atomic E-state index is 0.0166. The van der Waals surface area contributed by atoms with Crippen molar-refractivity contribution in [1.29, 1.82) is 0 Å². The van der Waals surface area contributed by atoms with Gasteiger partial charge in [0.1, 0.15) is 0 Å². The number of carbonyl (C=O) groups is 1.